The molecule has 0 fully saturated rings. The van der Waals surface area contributed by atoms with Crippen molar-refractivity contribution in [2.24, 2.45) is 0 Å². The second-order valence-electron chi connectivity index (χ2n) is 3.15. The predicted molar refractivity (Wildman–Crippen MR) is 53.8 cm³/mol. The lowest BCUT2D eigenvalue weighted by molar-refractivity contribution is 0.0693. The average molecular weight is 194 g/mol. The predicted octanol–water partition coefficient (Wildman–Crippen LogP) is 2.22. The van der Waals surface area contributed by atoms with Crippen molar-refractivity contribution in [1.29, 1.82) is 0 Å². The van der Waals surface area contributed by atoms with E-state index in [0.717, 1.165) is 24.0 Å². The Bertz CT molecular complexity index is 356. The van der Waals surface area contributed by atoms with E-state index in [1.54, 1.807) is 12.1 Å². The van der Waals surface area contributed by atoms with E-state index in [1.807, 2.05) is 13.8 Å². The number of rotatable bonds is 3. The van der Waals surface area contributed by atoms with Crippen molar-refractivity contribution in [3.05, 3.63) is 28.8 Å². The molecule has 0 spiro atoms. The Morgan fingerprint density at radius 3 is 2.14 bits per heavy atom. The van der Waals surface area contributed by atoms with Crippen molar-refractivity contribution >= 4 is 5.97 Å². The molecule has 0 bridgehead atoms. The van der Waals surface area contributed by atoms with Gasteiger partial charge in [-0.3, -0.25) is 0 Å². The van der Waals surface area contributed by atoms with Crippen LogP contribution in [0.25, 0.3) is 0 Å². The fraction of sp³-hybridized carbons (Fsp3) is 0.364. The Kier molecular flexibility index (Phi) is 3.12. The summed E-state index contributed by atoms with van der Waals surface area (Å²) < 4.78 is 0. The first-order valence-electron chi connectivity index (χ1n) is 4.68. The van der Waals surface area contributed by atoms with Gasteiger partial charge in [-0.2, -0.15) is 0 Å². The molecule has 0 aromatic heterocycles. The summed E-state index contributed by atoms with van der Waals surface area (Å²) in [6.07, 6.45) is 1.58. The van der Waals surface area contributed by atoms with Crippen molar-refractivity contribution in [1.82, 2.24) is 0 Å². The molecule has 0 atom stereocenters. The fourth-order valence-corrected chi connectivity index (χ4v) is 1.51. The van der Waals surface area contributed by atoms with Crippen LogP contribution in [0.5, 0.6) is 5.75 Å². The van der Waals surface area contributed by atoms with Gasteiger partial charge in [0.15, 0.2) is 0 Å². The molecule has 0 saturated carbocycles. The first kappa shape index (κ1) is 10.6. The monoisotopic (exact) mass is 194 g/mol. The van der Waals surface area contributed by atoms with Gasteiger partial charge in [0, 0.05) is 0 Å². The second-order valence-corrected chi connectivity index (χ2v) is 3.15. The van der Waals surface area contributed by atoms with E-state index in [-0.39, 0.29) is 11.3 Å². The maximum absolute atomic E-state index is 10.7. The number of aryl methyl sites for hydroxylation is 2. The quantitative estimate of drug-likeness (QED) is 0.775. The molecule has 0 heterocycles. The number of aromatic carboxylic acids is 1. The van der Waals surface area contributed by atoms with Gasteiger partial charge in [0.25, 0.3) is 0 Å². The van der Waals surface area contributed by atoms with Gasteiger partial charge in [0.05, 0.1) is 0 Å². The van der Waals surface area contributed by atoms with Crippen LogP contribution in [0.2, 0.25) is 0 Å². The molecule has 2 N–H and O–H groups in total. The van der Waals surface area contributed by atoms with Gasteiger partial charge in [0.2, 0.25) is 0 Å². The Labute approximate surface area is 83.0 Å². The number of hydrogen-bond donors (Lipinski definition) is 2. The lowest BCUT2D eigenvalue weighted by Gasteiger charge is -2.08. The number of carbonyl (C=O) groups is 1. The first-order valence-corrected chi connectivity index (χ1v) is 4.68. The molecule has 14 heavy (non-hydrogen) atoms. The summed E-state index contributed by atoms with van der Waals surface area (Å²) >= 11 is 0. The average Bonchev–Trinajstić information content (AvgIpc) is 2.16. The fourth-order valence-electron chi connectivity index (χ4n) is 1.51. The van der Waals surface area contributed by atoms with Crippen LogP contribution in [0, 0.1) is 0 Å². The van der Waals surface area contributed by atoms with Gasteiger partial charge in [-0.25, -0.2) is 4.79 Å². The normalized spacial score (nSPS) is 10.1. The molecule has 0 aliphatic carbocycles. The Morgan fingerprint density at radius 2 is 1.71 bits per heavy atom. The summed E-state index contributed by atoms with van der Waals surface area (Å²) in [7, 11) is 0. The highest BCUT2D eigenvalue weighted by Crippen LogP contribution is 2.23. The number of phenols is 1. The molecule has 0 aliphatic rings. The Balaban J connectivity index is 3.30. The third-order valence-electron chi connectivity index (χ3n) is 2.31. The maximum Gasteiger partial charge on any atom is 0.339 e. The molecular weight excluding hydrogens is 180 g/mol. The first-order chi connectivity index (χ1) is 6.60. The zero-order chi connectivity index (χ0) is 10.7. The molecule has 76 valence electrons. The summed E-state index contributed by atoms with van der Waals surface area (Å²) in [5.41, 5.74) is 1.98. The molecule has 1 aromatic carbocycles. The van der Waals surface area contributed by atoms with E-state index >= 15 is 0 Å². The minimum Gasteiger partial charge on any atom is -0.507 e. The van der Waals surface area contributed by atoms with E-state index in [1.165, 1.54) is 0 Å². The standard InChI is InChI=1S/C11H14O3/c1-3-7-5-9(11(13)14)10(12)6-8(7)4-2/h5-6,12H,3-4H2,1-2H3,(H,13,14). The third kappa shape index (κ3) is 1.87. The van der Waals surface area contributed by atoms with Crippen molar-refractivity contribution in [3.8, 4) is 5.75 Å². The molecule has 0 unspecified atom stereocenters. The number of aromatic hydroxyl groups is 1. The summed E-state index contributed by atoms with van der Waals surface area (Å²) in [5, 5.41) is 18.2. The maximum atomic E-state index is 10.7. The third-order valence-corrected chi connectivity index (χ3v) is 2.31. The number of carboxylic acids is 1. The molecule has 3 heteroatoms. The molecular formula is C11H14O3. The summed E-state index contributed by atoms with van der Waals surface area (Å²) in [6.45, 7) is 3.95. The SMILES string of the molecule is CCc1cc(O)c(C(=O)O)cc1CC. The molecule has 1 aromatic rings. The lowest BCUT2D eigenvalue weighted by Crippen LogP contribution is -2.01. The van der Waals surface area contributed by atoms with E-state index in [0.29, 0.717) is 0 Å². The van der Waals surface area contributed by atoms with Crippen molar-refractivity contribution in [2.75, 3.05) is 0 Å². The van der Waals surface area contributed by atoms with Gasteiger partial charge >= 0.3 is 5.97 Å². The van der Waals surface area contributed by atoms with Crippen LogP contribution in [0.4, 0.5) is 0 Å². The molecule has 0 radical (unpaired) electrons. The van der Waals surface area contributed by atoms with Crippen LogP contribution in [0.1, 0.15) is 35.3 Å². The minimum absolute atomic E-state index is 0.0148. The molecule has 1 rings (SSSR count). The van der Waals surface area contributed by atoms with Crippen LogP contribution in [0.3, 0.4) is 0 Å². The van der Waals surface area contributed by atoms with Gasteiger partial charge in [-0.1, -0.05) is 13.8 Å². The van der Waals surface area contributed by atoms with Crippen LogP contribution >= 0.6 is 0 Å². The summed E-state index contributed by atoms with van der Waals surface area (Å²) in [4.78, 5) is 10.7. The molecule has 0 saturated heterocycles. The van der Waals surface area contributed by atoms with Crippen molar-refractivity contribution in [2.45, 2.75) is 26.7 Å². The molecule has 0 amide bonds. The Morgan fingerprint density at radius 1 is 1.21 bits per heavy atom. The molecule has 0 aliphatic heterocycles. The topological polar surface area (TPSA) is 57.5 Å². The highest BCUT2D eigenvalue weighted by Gasteiger charge is 2.12. The second kappa shape index (κ2) is 4.13. The molecule has 3 nitrogen and oxygen atoms in total. The van der Waals surface area contributed by atoms with Crippen molar-refractivity contribution < 1.29 is 15.0 Å². The van der Waals surface area contributed by atoms with Gasteiger partial charge in [0.1, 0.15) is 11.3 Å². The summed E-state index contributed by atoms with van der Waals surface area (Å²) in [6, 6.07) is 3.10. The van der Waals surface area contributed by atoms with Crippen LogP contribution in [-0.4, -0.2) is 16.2 Å². The lowest BCUT2D eigenvalue weighted by atomic mass is 9.99. The van der Waals surface area contributed by atoms with E-state index in [9.17, 15) is 9.90 Å². The highest BCUT2D eigenvalue weighted by molar-refractivity contribution is 5.91. The van der Waals surface area contributed by atoms with E-state index in [2.05, 4.69) is 0 Å². The highest BCUT2D eigenvalue weighted by atomic mass is 16.4. The zero-order valence-corrected chi connectivity index (χ0v) is 8.37. The smallest absolute Gasteiger partial charge is 0.339 e. The Hall–Kier alpha value is -1.51. The minimum atomic E-state index is -1.08. The van der Waals surface area contributed by atoms with E-state index in [4.69, 9.17) is 5.11 Å². The number of carboxylic acid groups (broad SMARTS) is 1. The number of benzene rings is 1. The largest absolute Gasteiger partial charge is 0.507 e. The van der Waals surface area contributed by atoms with Gasteiger partial charge in [-0.15, -0.1) is 0 Å². The van der Waals surface area contributed by atoms with E-state index < -0.39 is 5.97 Å². The number of hydrogen-bond acceptors (Lipinski definition) is 2. The zero-order valence-electron chi connectivity index (χ0n) is 8.37. The van der Waals surface area contributed by atoms with Crippen LogP contribution < -0.4 is 0 Å². The summed E-state index contributed by atoms with van der Waals surface area (Å²) in [5.74, 6) is -1.23. The van der Waals surface area contributed by atoms with Crippen LogP contribution in [-0.2, 0) is 12.8 Å². The van der Waals surface area contributed by atoms with Crippen molar-refractivity contribution in [3.63, 3.8) is 0 Å². The van der Waals surface area contributed by atoms with Gasteiger partial charge < -0.3 is 10.2 Å². The van der Waals surface area contributed by atoms with Gasteiger partial charge in [-0.05, 0) is 36.1 Å². The van der Waals surface area contributed by atoms with Crippen LogP contribution in [0.15, 0.2) is 12.1 Å².